The van der Waals surface area contributed by atoms with Crippen LogP contribution in [0, 0.1) is 0 Å². The SMILES string of the molecule is CCN(C)C/C=C/C(=O)N1CCn2c(C(=O)Nc3cncs3)cnc2C1. The molecule has 1 N–H and O–H groups in total. The molecule has 2 aromatic rings. The lowest BCUT2D eigenvalue weighted by Crippen LogP contribution is -2.38. The van der Waals surface area contributed by atoms with Crippen LogP contribution in [0.1, 0.15) is 23.2 Å². The Morgan fingerprint density at radius 3 is 2.96 bits per heavy atom. The van der Waals surface area contributed by atoms with Crippen molar-refractivity contribution in [2.24, 2.45) is 0 Å². The van der Waals surface area contributed by atoms with E-state index in [0.29, 0.717) is 30.3 Å². The number of amides is 2. The molecule has 0 aromatic carbocycles. The second-order valence-corrected chi connectivity index (χ2v) is 6.93. The van der Waals surface area contributed by atoms with Gasteiger partial charge in [0.25, 0.3) is 5.91 Å². The number of nitrogens with one attached hydrogen (secondary N) is 1. The van der Waals surface area contributed by atoms with Crippen molar-refractivity contribution in [2.45, 2.75) is 20.0 Å². The maximum absolute atomic E-state index is 12.4. The predicted molar refractivity (Wildman–Crippen MR) is 100 cm³/mol. The van der Waals surface area contributed by atoms with Gasteiger partial charge in [0.2, 0.25) is 5.91 Å². The largest absolute Gasteiger partial charge is 0.330 e. The van der Waals surface area contributed by atoms with Crippen molar-refractivity contribution in [3.8, 4) is 0 Å². The molecule has 0 radical (unpaired) electrons. The number of fused-ring (bicyclic) bond motifs is 1. The highest BCUT2D eigenvalue weighted by atomic mass is 32.1. The Labute approximate surface area is 156 Å². The van der Waals surface area contributed by atoms with Gasteiger partial charge in [-0.3, -0.25) is 14.6 Å². The van der Waals surface area contributed by atoms with Crippen LogP contribution >= 0.6 is 11.3 Å². The number of rotatable bonds is 6. The Morgan fingerprint density at radius 2 is 2.23 bits per heavy atom. The van der Waals surface area contributed by atoms with Gasteiger partial charge in [-0.25, -0.2) is 4.98 Å². The fourth-order valence-corrected chi connectivity index (χ4v) is 3.16. The molecular formula is C17H22N6O2S. The third-order valence-corrected chi connectivity index (χ3v) is 4.98. The smallest absolute Gasteiger partial charge is 0.274 e. The molecule has 0 saturated carbocycles. The van der Waals surface area contributed by atoms with Crippen LogP contribution in [0.25, 0.3) is 0 Å². The Balaban J connectivity index is 1.62. The Morgan fingerprint density at radius 1 is 1.38 bits per heavy atom. The van der Waals surface area contributed by atoms with E-state index in [1.807, 2.05) is 17.7 Å². The standard InChI is InChI=1S/C17H22N6O2S/c1-3-21(2)6-4-5-16(24)22-7-8-23-13(9-19-14(23)11-22)17(25)20-15-10-18-12-26-15/h4-5,9-10,12H,3,6-8,11H2,1-2H3,(H,20,25)/b5-4+. The summed E-state index contributed by atoms with van der Waals surface area (Å²) < 4.78 is 1.87. The first kappa shape index (κ1) is 18.3. The van der Waals surface area contributed by atoms with Crippen molar-refractivity contribution < 1.29 is 9.59 Å². The highest BCUT2D eigenvalue weighted by Crippen LogP contribution is 2.18. The number of carbonyl (C=O) groups excluding carboxylic acids is 2. The third-order valence-electron chi connectivity index (χ3n) is 4.29. The average Bonchev–Trinajstić information content (AvgIpc) is 3.30. The van der Waals surface area contributed by atoms with Gasteiger partial charge in [0.15, 0.2) is 0 Å². The maximum atomic E-state index is 12.4. The molecule has 3 heterocycles. The van der Waals surface area contributed by atoms with Crippen molar-refractivity contribution in [1.82, 2.24) is 24.3 Å². The lowest BCUT2D eigenvalue weighted by Gasteiger charge is -2.27. The molecule has 0 atom stereocenters. The molecule has 2 aromatic heterocycles. The first-order chi connectivity index (χ1) is 12.6. The second kappa shape index (κ2) is 8.24. The molecule has 138 valence electrons. The number of likely N-dealkylation sites (N-methyl/N-ethyl adjacent to an activating group) is 1. The van der Waals surface area contributed by atoms with Crippen LogP contribution in [0.5, 0.6) is 0 Å². The van der Waals surface area contributed by atoms with Crippen molar-refractivity contribution in [2.75, 3.05) is 32.0 Å². The summed E-state index contributed by atoms with van der Waals surface area (Å²) >= 11 is 1.36. The Kier molecular flexibility index (Phi) is 5.79. The number of imidazole rings is 1. The van der Waals surface area contributed by atoms with E-state index >= 15 is 0 Å². The number of aromatic nitrogens is 3. The summed E-state index contributed by atoms with van der Waals surface area (Å²) in [6.07, 6.45) is 6.66. The molecule has 9 heteroatoms. The lowest BCUT2D eigenvalue weighted by atomic mass is 10.3. The van der Waals surface area contributed by atoms with E-state index in [-0.39, 0.29) is 11.8 Å². The van der Waals surface area contributed by atoms with E-state index in [4.69, 9.17) is 0 Å². The summed E-state index contributed by atoms with van der Waals surface area (Å²) in [5.41, 5.74) is 2.16. The van der Waals surface area contributed by atoms with Crippen molar-refractivity contribution in [3.05, 3.63) is 41.6 Å². The first-order valence-corrected chi connectivity index (χ1v) is 9.34. The molecule has 1 aliphatic rings. The minimum atomic E-state index is -0.213. The van der Waals surface area contributed by atoms with E-state index in [2.05, 4.69) is 27.1 Å². The molecule has 0 saturated heterocycles. The van der Waals surface area contributed by atoms with Gasteiger partial charge in [-0.1, -0.05) is 13.0 Å². The van der Waals surface area contributed by atoms with Crippen molar-refractivity contribution in [1.29, 1.82) is 0 Å². The fourth-order valence-electron chi connectivity index (χ4n) is 2.65. The number of nitrogens with zero attached hydrogens (tertiary/aromatic N) is 5. The van der Waals surface area contributed by atoms with Gasteiger partial charge < -0.3 is 19.7 Å². The summed E-state index contributed by atoms with van der Waals surface area (Å²) in [6.45, 7) is 5.26. The van der Waals surface area contributed by atoms with Gasteiger partial charge in [0.05, 0.1) is 24.4 Å². The van der Waals surface area contributed by atoms with E-state index in [9.17, 15) is 9.59 Å². The summed E-state index contributed by atoms with van der Waals surface area (Å²) in [5.74, 6) is 0.479. The third kappa shape index (κ3) is 4.17. The van der Waals surface area contributed by atoms with E-state index < -0.39 is 0 Å². The number of anilines is 1. The Bertz CT molecular complexity index is 798. The zero-order valence-electron chi connectivity index (χ0n) is 14.9. The highest BCUT2D eigenvalue weighted by molar-refractivity contribution is 7.14. The summed E-state index contributed by atoms with van der Waals surface area (Å²) in [4.78, 5) is 36.9. The van der Waals surface area contributed by atoms with Gasteiger partial charge in [-0.2, -0.15) is 0 Å². The molecule has 26 heavy (non-hydrogen) atoms. The molecule has 8 nitrogen and oxygen atoms in total. The number of carbonyl (C=O) groups is 2. The normalized spacial score (nSPS) is 14.0. The van der Waals surface area contributed by atoms with Crippen LogP contribution in [-0.4, -0.2) is 62.8 Å². The monoisotopic (exact) mass is 374 g/mol. The second-order valence-electron chi connectivity index (χ2n) is 6.05. The molecule has 0 aliphatic carbocycles. The predicted octanol–water partition coefficient (Wildman–Crippen LogP) is 1.44. The van der Waals surface area contributed by atoms with Crippen LogP contribution < -0.4 is 5.32 Å². The zero-order chi connectivity index (χ0) is 18.5. The van der Waals surface area contributed by atoms with Crippen LogP contribution in [0.4, 0.5) is 5.00 Å². The van der Waals surface area contributed by atoms with E-state index in [1.54, 1.807) is 28.9 Å². The molecular weight excluding hydrogens is 352 g/mol. The highest BCUT2D eigenvalue weighted by Gasteiger charge is 2.24. The molecule has 0 bridgehead atoms. The van der Waals surface area contributed by atoms with Gasteiger partial charge >= 0.3 is 0 Å². The van der Waals surface area contributed by atoms with Crippen LogP contribution in [0.2, 0.25) is 0 Å². The van der Waals surface area contributed by atoms with E-state index in [0.717, 1.165) is 18.9 Å². The van der Waals surface area contributed by atoms with Gasteiger partial charge in [0, 0.05) is 25.7 Å². The van der Waals surface area contributed by atoms with Gasteiger partial charge in [-0.15, -0.1) is 11.3 Å². The summed E-state index contributed by atoms with van der Waals surface area (Å²) in [7, 11) is 2.01. The first-order valence-electron chi connectivity index (χ1n) is 8.46. The molecule has 0 spiro atoms. The number of hydrogen-bond acceptors (Lipinski definition) is 6. The minimum absolute atomic E-state index is 0.0283. The fraction of sp³-hybridized carbons (Fsp3) is 0.412. The molecule has 0 fully saturated rings. The topological polar surface area (TPSA) is 83.4 Å². The quantitative estimate of drug-likeness (QED) is 0.774. The van der Waals surface area contributed by atoms with Crippen LogP contribution in [0.15, 0.2) is 30.1 Å². The van der Waals surface area contributed by atoms with Crippen molar-refractivity contribution in [3.63, 3.8) is 0 Å². The maximum Gasteiger partial charge on any atom is 0.274 e. The zero-order valence-corrected chi connectivity index (χ0v) is 15.7. The van der Waals surface area contributed by atoms with Crippen molar-refractivity contribution >= 4 is 28.2 Å². The van der Waals surface area contributed by atoms with Crippen LogP contribution in [-0.2, 0) is 17.9 Å². The Hall–Kier alpha value is -2.52. The summed E-state index contributed by atoms with van der Waals surface area (Å²) in [6, 6.07) is 0. The summed E-state index contributed by atoms with van der Waals surface area (Å²) in [5, 5.41) is 3.51. The molecule has 2 amide bonds. The van der Waals surface area contributed by atoms with Gasteiger partial charge in [-0.05, 0) is 13.6 Å². The minimum Gasteiger partial charge on any atom is -0.330 e. The van der Waals surface area contributed by atoms with Crippen LogP contribution in [0.3, 0.4) is 0 Å². The number of thiazole rings is 1. The number of hydrogen-bond donors (Lipinski definition) is 1. The lowest BCUT2D eigenvalue weighted by molar-refractivity contribution is -0.127. The molecule has 1 aliphatic heterocycles. The average molecular weight is 374 g/mol. The molecule has 3 rings (SSSR count). The van der Waals surface area contributed by atoms with Gasteiger partial charge in [0.1, 0.15) is 16.5 Å². The molecule has 0 unspecified atom stereocenters. The van der Waals surface area contributed by atoms with E-state index in [1.165, 1.54) is 11.3 Å².